The Hall–Kier alpha value is -3.97. The highest BCUT2D eigenvalue weighted by atomic mass is 16.5. The topological polar surface area (TPSA) is 80.5 Å². The van der Waals surface area contributed by atoms with Crippen LogP contribution in [0, 0.1) is 13.8 Å². The van der Waals surface area contributed by atoms with Crippen LogP contribution >= 0.6 is 0 Å². The van der Waals surface area contributed by atoms with Gasteiger partial charge in [-0.15, -0.1) is 0 Å². The van der Waals surface area contributed by atoms with E-state index in [-0.39, 0.29) is 5.91 Å². The maximum absolute atomic E-state index is 12.6. The number of carbonyl (C=O) groups is 1. The molecule has 0 radical (unpaired) electrons. The molecule has 0 saturated carbocycles. The number of carbonyl (C=O) groups excluding carboxylic acids is 1. The lowest BCUT2D eigenvalue weighted by Gasteiger charge is -2.11. The molecule has 186 valence electrons. The third kappa shape index (κ3) is 6.79. The first-order chi connectivity index (χ1) is 17.4. The molecule has 7 heteroatoms. The van der Waals surface area contributed by atoms with Crippen molar-refractivity contribution in [1.82, 2.24) is 15.0 Å². The highest BCUT2D eigenvalue weighted by molar-refractivity contribution is 5.92. The number of nitrogens with one attached hydrogen (secondary N) is 1. The summed E-state index contributed by atoms with van der Waals surface area (Å²) in [5, 5.41) is 6.95. The molecule has 0 saturated heterocycles. The van der Waals surface area contributed by atoms with Crippen LogP contribution in [0.25, 0.3) is 22.5 Å². The zero-order chi connectivity index (χ0) is 25.5. The van der Waals surface area contributed by atoms with Crippen LogP contribution in [0.1, 0.15) is 23.4 Å². The van der Waals surface area contributed by atoms with E-state index >= 15 is 0 Å². The summed E-state index contributed by atoms with van der Waals surface area (Å²) >= 11 is 0. The normalized spacial score (nSPS) is 11.0. The van der Waals surface area contributed by atoms with Crippen molar-refractivity contribution in [3.05, 3.63) is 83.7 Å². The second kappa shape index (κ2) is 11.6. The maximum atomic E-state index is 12.6. The predicted molar refractivity (Wildman–Crippen MR) is 142 cm³/mol. The number of anilines is 1. The molecule has 0 aliphatic rings. The number of ether oxygens (including phenoxy) is 1. The average molecular weight is 485 g/mol. The monoisotopic (exact) mass is 484 g/mol. The van der Waals surface area contributed by atoms with Crippen molar-refractivity contribution in [2.45, 2.75) is 26.7 Å². The summed E-state index contributed by atoms with van der Waals surface area (Å²) in [4.78, 5) is 19.0. The number of rotatable bonds is 10. The van der Waals surface area contributed by atoms with Gasteiger partial charge in [0.1, 0.15) is 5.75 Å². The molecule has 1 aromatic heterocycles. The van der Waals surface area contributed by atoms with Crippen molar-refractivity contribution in [2.75, 3.05) is 32.6 Å². The fourth-order valence-electron chi connectivity index (χ4n) is 3.94. The summed E-state index contributed by atoms with van der Waals surface area (Å²) in [6.45, 7) is 5.50. The van der Waals surface area contributed by atoms with E-state index < -0.39 is 0 Å². The highest BCUT2D eigenvalue weighted by Crippen LogP contribution is 2.28. The smallest absolute Gasteiger partial charge is 0.228 e. The summed E-state index contributed by atoms with van der Waals surface area (Å²) in [6.07, 6.45) is 1.27. The van der Waals surface area contributed by atoms with Crippen molar-refractivity contribution < 1.29 is 14.1 Å². The van der Waals surface area contributed by atoms with E-state index in [2.05, 4.69) is 39.4 Å². The third-order valence-electron chi connectivity index (χ3n) is 5.80. The molecule has 0 unspecified atom stereocenters. The van der Waals surface area contributed by atoms with Crippen molar-refractivity contribution in [3.63, 3.8) is 0 Å². The van der Waals surface area contributed by atoms with Gasteiger partial charge in [0, 0.05) is 24.7 Å². The summed E-state index contributed by atoms with van der Waals surface area (Å²) in [5.41, 5.74) is 5.96. The van der Waals surface area contributed by atoms with E-state index in [4.69, 9.17) is 9.26 Å². The van der Waals surface area contributed by atoms with Gasteiger partial charge in [-0.25, -0.2) is 0 Å². The predicted octanol–water partition coefficient (Wildman–Crippen LogP) is 5.53. The lowest BCUT2D eigenvalue weighted by Crippen LogP contribution is -2.15. The summed E-state index contributed by atoms with van der Waals surface area (Å²) in [5.74, 6) is 1.88. The first-order valence-electron chi connectivity index (χ1n) is 12.1. The lowest BCUT2D eigenvalue weighted by molar-refractivity contribution is -0.115. The van der Waals surface area contributed by atoms with Gasteiger partial charge in [-0.2, -0.15) is 4.98 Å². The van der Waals surface area contributed by atoms with Gasteiger partial charge in [0.15, 0.2) is 0 Å². The molecule has 7 nitrogen and oxygen atoms in total. The molecule has 3 aromatic carbocycles. The van der Waals surface area contributed by atoms with E-state index in [9.17, 15) is 4.79 Å². The molecule has 0 spiro atoms. The van der Waals surface area contributed by atoms with Gasteiger partial charge in [0.2, 0.25) is 17.6 Å². The quantitative estimate of drug-likeness (QED) is 0.298. The molecule has 0 atom stereocenters. The Kier molecular flexibility index (Phi) is 8.13. The van der Waals surface area contributed by atoms with Crippen LogP contribution in [0.5, 0.6) is 5.75 Å². The molecule has 0 aliphatic heterocycles. The Bertz CT molecular complexity index is 1300. The fraction of sp³-hybridized carbons (Fsp3) is 0.276. The standard InChI is InChI=1S/C29H32N4O3/c1-20-18-24(29-30-21(2)36-32-29)10-15-27(20)23-8-6-22(7-9-23)19-28(34)31-25-11-13-26(14-12-25)35-17-5-16-33(3)4/h6-15,18H,5,16-17,19H2,1-4H3,(H,31,34). The number of amides is 1. The van der Waals surface area contributed by atoms with Crippen molar-refractivity contribution in [3.8, 4) is 28.3 Å². The number of aryl methyl sites for hydroxylation is 2. The number of aromatic nitrogens is 2. The van der Waals surface area contributed by atoms with Crippen LogP contribution in [-0.4, -0.2) is 48.2 Å². The number of benzene rings is 3. The van der Waals surface area contributed by atoms with E-state index in [1.54, 1.807) is 6.92 Å². The van der Waals surface area contributed by atoms with Crippen molar-refractivity contribution >= 4 is 11.6 Å². The third-order valence-corrected chi connectivity index (χ3v) is 5.80. The Labute approximate surface area is 212 Å². The van der Waals surface area contributed by atoms with Gasteiger partial charge in [0.05, 0.1) is 13.0 Å². The Morgan fingerprint density at radius 2 is 1.69 bits per heavy atom. The molecule has 0 fully saturated rings. The molecular weight excluding hydrogens is 452 g/mol. The van der Waals surface area contributed by atoms with Gasteiger partial charge in [-0.3, -0.25) is 4.79 Å². The first-order valence-corrected chi connectivity index (χ1v) is 12.1. The van der Waals surface area contributed by atoms with Crippen LogP contribution in [-0.2, 0) is 11.2 Å². The Morgan fingerprint density at radius 1 is 0.972 bits per heavy atom. The molecule has 1 amide bonds. The van der Waals surface area contributed by atoms with Crippen LogP contribution in [0.15, 0.2) is 71.3 Å². The minimum atomic E-state index is -0.0571. The molecule has 1 N–H and O–H groups in total. The molecule has 4 aromatic rings. The summed E-state index contributed by atoms with van der Waals surface area (Å²) < 4.78 is 10.8. The van der Waals surface area contributed by atoms with Crippen LogP contribution in [0.3, 0.4) is 0 Å². The van der Waals surface area contributed by atoms with Crippen LogP contribution < -0.4 is 10.1 Å². The number of hydrogen-bond donors (Lipinski definition) is 1. The van der Waals surface area contributed by atoms with Gasteiger partial charge < -0.3 is 19.5 Å². The van der Waals surface area contributed by atoms with Gasteiger partial charge in [-0.05, 0) is 80.0 Å². The molecule has 1 heterocycles. The van der Waals surface area contributed by atoms with Gasteiger partial charge in [0.25, 0.3) is 0 Å². The maximum Gasteiger partial charge on any atom is 0.228 e. The molecule has 0 aliphatic carbocycles. The molecule has 36 heavy (non-hydrogen) atoms. The van der Waals surface area contributed by atoms with Gasteiger partial charge in [-0.1, -0.05) is 41.6 Å². The Balaban J connectivity index is 1.31. The zero-order valence-electron chi connectivity index (χ0n) is 21.2. The minimum absolute atomic E-state index is 0.0571. The van der Waals surface area contributed by atoms with Crippen molar-refractivity contribution in [2.24, 2.45) is 0 Å². The number of nitrogens with zero attached hydrogens (tertiary/aromatic N) is 3. The fourth-order valence-corrected chi connectivity index (χ4v) is 3.94. The molecule has 4 rings (SSSR count). The van der Waals surface area contributed by atoms with Gasteiger partial charge >= 0.3 is 0 Å². The van der Waals surface area contributed by atoms with E-state index in [0.29, 0.717) is 24.7 Å². The molecule has 0 bridgehead atoms. The van der Waals surface area contributed by atoms with E-state index in [1.165, 1.54) is 0 Å². The zero-order valence-corrected chi connectivity index (χ0v) is 21.2. The average Bonchev–Trinajstić information content (AvgIpc) is 3.29. The summed E-state index contributed by atoms with van der Waals surface area (Å²) in [7, 11) is 4.09. The second-order valence-corrected chi connectivity index (χ2v) is 9.12. The first kappa shape index (κ1) is 25.1. The largest absolute Gasteiger partial charge is 0.494 e. The van der Waals surface area contributed by atoms with E-state index in [0.717, 1.165) is 52.2 Å². The second-order valence-electron chi connectivity index (χ2n) is 9.12. The SMILES string of the molecule is Cc1nc(-c2ccc(-c3ccc(CC(=O)Nc4ccc(OCCCN(C)C)cc4)cc3)c(C)c2)no1. The van der Waals surface area contributed by atoms with Crippen LogP contribution in [0.4, 0.5) is 5.69 Å². The van der Waals surface area contributed by atoms with E-state index in [1.807, 2.05) is 68.7 Å². The summed E-state index contributed by atoms with van der Waals surface area (Å²) in [6, 6.07) is 21.7. The van der Waals surface area contributed by atoms with Crippen molar-refractivity contribution in [1.29, 1.82) is 0 Å². The number of hydrogen-bond acceptors (Lipinski definition) is 6. The van der Waals surface area contributed by atoms with Crippen LogP contribution in [0.2, 0.25) is 0 Å². The minimum Gasteiger partial charge on any atom is -0.494 e. The lowest BCUT2D eigenvalue weighted by atomic mass is 9.97. The molecular formula is C29H32N4O3. The highest BCUT2D eigenvalue weighted by Gasteiger charge is 2.10. The Morgan fingerprint density at radius 3 is 2.33 bits per heavy atom.